The van der Waals surface area contributed by atoms with E-state index in [0.717, 1.165) is 68.7 Å². The smallest absolute Gasteiger partial charge is 0.256 e. The monoisotopic (exact) mass is 619 g/mol. The van der Waals surface area contributed by atoms with E-state index in [2.05, 4.69) is 35.4 Å². The Kier molecular flexibility index (Phi) is 10.2. The molecule has 8 nitrogen and oxygen atoms in total. The summed E-state index contributed by atoms with van der Waals surface area (Å²) < 4.78 is 29.8. The quantitative estimate of drug-likeness (QED) is 0.132. The predicted molar refractivity (Wildman–Crippen MR) is 182 cm³/mol. The van der Waals surface area contributed by atoms with Gasteiger partial charge in [-0.15, -0.1) is 0 Å². The number of rotatable bonds is 11. The molecule has 1 aromatic heterocycles. The normalized spacial score (nSPS) is 20.9. The molecule has 2 aliphatic rings. The van der Waals surface area contributed by atoms with E-state index in [1.807, 2.05) is 24.3 Å². The zero-order chi connectivity index (χ0) is 31.4. The van der Waals surface area contributed by atoms with Gasteiger partial charge in [0.1, 0.15) is 5.84 Å². The van der Waals surface area contributed by atoms with E-state index >= 15 is 0 Å². The number of unbranched alkanes of at least 4 members (excludes halogenated alkanes) is 1. The van der Waals surface area contributed by atoms with Gasteiger partial charge in [0, 0.05) is 34.6 Å². The number of piperidine rings is 1. The molecule has 2 aromatic carbocycles. The van der Waals surface area contributed by atoms with Gasteiger partial charge in [-0.1, -0.05) is 63.6 Å². The second kappa shape index (κ2) is 13.9. The lowest BCUT2D eigenvalue weighted by molar-refractivity contribution is 0.0496. The number of amidine groups is 1. The van der Waals surface area contributed by atoms with Crippen molar-refractivity contribution in [2.24, 2.45) is 11.7 Å². The highest BCUT2D eigenvalue weighted by molar-refractivity contribution is 7.92. The fourth-order valence-corrected chi connectivity index (χ4v) is 9.06. The predicted octanol–water partition coefficient (Wildman–Crippen LogP) is 7.30. The van der Waals surface area contributed by atoms with E-state index in [1.165, 1.54) is 12.8 Å². The molecule has 0 bridgehead atoms. The van der Waals surface area contributed by atoms with Gasteiger partial charge in [0.05, 0.1) is 17.0 Å². The van der Waals surface area contributed by atoms with Gasteiger partial charge in [-0.3, -0.25) is 19.8 Å². The summed E-state index contributed by atoms with van der Waals surface area (Å²) in [6.07, 6.45) is 11.7. The zero-order valence-electron chi connectivity index (χ0n) is 26.5. The highest BCUT2D eigenvalue weighted by Crippen LogP contribution is 2.40. The third-order valence-corrected chi connectivity index (χ3v) is 11.2. The SMILES string of the molecule is CCCCC(c1cc(NS(=O)(=O)CC2CCCCC2)cc2[nH]c(=O)c(-c3cccc(C(=N)N)c3)cc12)N1C(C)CCCC1C. The van der Waals surface area contributed by atoms with Crippen molar-refractivity contribution in [3.05, 3.63) is 63.9 Å². The minimum atomic E-state index is -3.57. The molecule has 238 valence electrons. The van der Waals surface area contributed by atoms with Crippen LogP contribution in [0, 0.1) is 11.3 Å². The summed E-state index contributed by atoms with van der Waals surface area (Å²) in [6.45, 7) is 6.80. The lowest BCUT2D eigenvalue weighted by Gasteiger charge is -2.45. The minimum Gasteiger partial charge on any atom is -0.384 e. The van der Waals surface area contributed by atoms with Crippen molar-refractivity contribution in [2.75, 3.05) is 10.5 Å². The fourth-order valence-electron chi connectivity index (χ4n) is 7.55. The first-order chi connectivity index (χ1) is 21.1. The molecule has 1 saturated carbocycles. The van der Waals surface area contributed by atoms with E-state index in [-0.39, 0.29) is 29.1 Å². The second-order valence-corrected chi connectivity index (χ2v) is 14.9. The third kappa shape index (κ3) is 7.37. The number of anilines is 1. The van der Waals surface area contributed by atoms with Crippen LogP contribution in [0.1, 0.15) is 109 Å². The zero-order valence-corrected chi connectivity index (χ0v) is 27.3. The second-order valence-electron chi connectivity index (χ2n) is 13.2. The number of benzene rings is 2. The lowest BCUT2D eigenvalue weighted by Crippen LogP contribution is -2.46. The Morgan fingerprint density at radius 3 is 2.45 bits per heavy atom. The summed E-state index contributed by atoms with van der Waals surface area (Å²) in [5, 5.41) is 8.80. The summed E-state index contributed by atoms with van der Waals surface area (Å²) in [5.41, 5.74) is 9.41. The molecule has 1 saturated heterocycles. The van der Waals surface area contributed by atoms with Crippen LogP contribution < -0.4 is 16.0 Å². The van der Waals surface area contributed by atoms with Gasteiger partial charge in [0.2, 0.25) is 10.0 Å². The van der Waals surface area contributed by atoms with Gasteiger partial charge in [0.15, 0.2) is 0 Å². The van der Waals surface area contributed by atoms with Crippen LogP contribution in [0.15, 0.2) is 47.3 Å². The molecule has 5 rings (SSSR count). The van der Waals surface area contributed by atoms with Gasteiger partial charge in [0.25, 0.3) is 5.56 Å². The molecular formula is C35H49N5O3S. The lowest BCUT2D eigenvalue weighted by atomic mass is 9.88. The number of nitrogens with one attached hydrogen (secondary N) is 3. The number of aromatic nitrogens is 1. The first-order valence-electron chi connectivity index (χ1n) is 16.5. The van der Waals surface area contributed by atoms with E-state index in [1.54, 1.807) is 18.2 Å². The van der Waals surface area contributed by atoms with Crippen molar-refractivity contribution in [3.8, 4) is 11.1 Å². The fraction of sp³-hybridized carbons (Fsp3) is 0.543. The Morgan fingerprint density at radius 2 is 1.77 bits per heavy atom. The van der Waals surface area contributed by atoms with Crippen LogP contribution in [0.25, 0.3) is 22.0 Å². The summed E-state index contributed by atoms with van der Waals surface area (Å²) in [7, 11) is -3.57. The Hall–Kier alpha value is -3.17. The Bertz CT molecular complexity index is 1630. The van der Waals surface area contributed by atoms with Crippen LogP contribution in [0.4, 0.5) is 5.69 Å². The maximum atomic E-state index is 13.5. The van der Waals surface area contributed by atoms with Crippen LogP contribution in [0.2, 0.25) is 0 Å². The molecule has 2 fully saturated rings. The first-order valence-corrected chi connectivity index (χ1v) is 18.1. The Morgan fingerprint density at radius 1 is 1.05 bits per heavy atom. The van der Waals surface area contributed by atoms with Crippen molar-refractivity contribution in [1.82, 2.24) is 9.88 Å². The number of hydrogen-bond donors (Lipinski definition) is 4. The van der Waals surface area contributed by atoms with Gasteiger partial charge in [-0.25, -0.2) is 8.42 Å². The summed E-state index contributed by atoms with van der Waals surface area (Å²) in [5.74, 6) is 0.256. The molecule has 9 heteroatoms. The minimum absolute atomic E-state index is 0.0531. The average Bonchev–Trinajstić information content (AvgIpc) is 2.98. The molecule has 1 aliphatic heterocycles. The number of nitrogens with two attached hydrogens (primary N) is 1. The largest absolute Gasteiger partial charge is 0.384 e. The standard InChI is InChI=1S/C35H49N5O3S/c1-4-5-17-33(40-23(2)11-9-12-24(40)3)31-19-28(39-44(42,43)22-25-13-7-6-8-14-25)20-32-30(31)21-29(35(41)38-32)26-15-10-16-27(18-26)34(36)37/h10,15-16,18-21,23-25,33,39H,4-9,11-14,17,22H2,1-3H3,(H3,36,37)(H,38,41). The highest BCUT2D eigenvalue weighted by Gasteiger charge is 2.33. The number of aromatic amines is 1. The average molecular weight is 620 g/mol. The number of fused-ring (bicyclic) bond motifs is 1. The van der Waals surface area contributed by atoms with Crippen molar-refractivity contribution in [2.45, 2.75) is 110 Å². The van der Waals surface area contributed by atoms with Crippen LogP contribution in [0.3, 0.4) is 0 Å². The molecule has 0 radical (unpaired) electrons. The summed E-state index contributed by atoms with van der Waals surface area (Å²) in [6, 6.07) is 13.8. The number of sulfonamides is 1. The molecule has 3 aromatic rings. The van der Waals surface area contributed by atoms with Gasteiger partial charge in [-0.05, 0) is 87.3 Å². The van der Waals surface area contributed by atoms with Crippen LogP contribution in [0.5, 0.6) is 0 Å². The maximum Gasteiger partial charge on any atom is 0.256 e. The van der Waals surface area contributed by atoms with Crippen LogP contribution >= 0.6 is 0 Å². The van der Waals surface area contributed by atoms with Crippen molar-refractivity contribution in [3.63, 3.8) is 0 Å². The van der Waals surface area contributed by atoms with E-state index in [0.29, 0.717) is 40.0 Å². The summed E-state index contributed by atoms with van der Waals surface area (Å²) in [4.78, 5) is 19.3. The number of H-pyrrole nitrogens is 1. The number of likely N-dealkylation sites (tertiary alicyclic amines) is 1. The number of pyridine rings is 1. The van der Waals surface area contributed by atoms with E-state index < -0.39 is 10.0 Å². The molecular weight excluding hydrogens is 570 g/mol. The van der Waals surface area contributed by atoms with Gasteiger partial charge >= 0.3 is 0 Å². The topological polar surface area (TPSA) is 132 Å². The number of nitrogens with zero attached hydrogens (tertiary/aromatic N) is 1. The Labute approximate surface area is 262 Å². The number of nitrogen functional groups attached to an aromatic ring is 1. The van der Waals surface area contributed by atoms with Crippen LogP contribution in [-0.4, -0.2) is 42.0 Å². The molecule has 3 atom stereocenters. The van der Waals surface area contributed by atoms with Crippen LogP contribution in [-0.2, 0) is 10.0 Å². The molecule has 44 heavy (non-hydrogen) atoms. The van der Waals surface area contributed by atoms with Crippen molar-refractivity contribution >= 4 is 32.4 Å². The highest BCUT2D eigenvalue weighted by atomic mass is 32.2. The van der Waals surface area contributed by atoms with Gasteiger partial charge in [-0.2, -0.15) is 0 Å². The maximum absolute atomic E-state index is 13.5. The van der Waals surface area contributed by atoms with Gasteiger partial charge < -0.3 is 10.7 Å². The van der Waals surface area contributed by atoms with Crippen molar-refractivity contribution < 1.29 is 8.42 Å². The molecule has 0 amide bonds. The Balaban J connectivity index is 1.66. The molecule has 1 aliphatic carbocycles. The molecule has 5 N–H and O–H groups in total. The molecule has 2 heterocycles. The van der Waals surface area contributed by atoms with E-state index in [4.69, 9.17) is 11.1 Å². The van der Waals surface area contributed by atoms with Crippen molar-refractivity contribution in [1.29, 1.82) is 5.41 Å². The number of hydrogen-bond acceptors (Lipinski definition) is 5. The molecule has 3 unspecified atom stereocenters. The first kappa shape index (κ1) is 32.2. The molecule has 0 spiro atoms. The third-order valence-electron chi connectivity index (χ3n) is 9.74. The summed E-state index contributed by atoms with van der Waals surface area (Å²) >= 11 is 0. The van der Waals surface area contributed by atoms with E-state index in [9.17, 15) is 13.2 Å².